The van der Waals surface area contributed by atoms with E-state index in [0.29, 0.717) is 24.4 Å². The van der Waals surface area contributed by atoms with Crippen LogP contribution in [0.3, 0.4) is 0 Å². The number of nitro groups is 1. The third kappa shape index (κ3) is 4.96. The number of carbonyl (C=O) groups excluding carboxylic acids is 1. The highest BCUT2D eigenvalue weighted by Crippen LogP contribution is 2.21. The Morgan fingerprint density at radius 1 is 1.50 bits per heavy atom. The molecule has 1 aliphatic heterocycles. The molecule has 0 aromatic heterocycles. The fraction of sp³-hybridized carbons (Fsp3) is 0.533. The normalized spacial score (nSPS) is 16.9. The van der Waals surface area contributed by atoms with E-state index >= 15 is 0 Å². The molecule has 2 N–H and O–H groups in total. The quantitative estimate of drug-likeness (QED) is 0.620. The Labute approximate surface area is 136 Å². The first-order valence-corrected chi connectivity index (χ1v) is 7.28. The molecule has 1 saturated heterocycles. The van der Waals surface area contributed by atoms with Gasteiger partial charge in [-0.1, -0.05) is 12.1 Å². The van der Waals surface area contributed by atoms with E-state index in [0.717, 1.165) is 31.5 Å². The minimum Gasteiger partial charge on any atom is -0.352 e. The summed E-state index contributed by atoms with van der Waals surface area (Å²) in [4.78, 5) is 22.3. The zero-order chi connectivity index (χ0) is 15.2. The molecule has 0 saturated carbocycles. The first kappa shape index (κ1) is 18.4. The van der Waals surface area contributed by atoms with E-state index in [1.165, 1.54) is 6.07 Å². The van der Waals surface area contributed by atoms with Gasteiger partial charge in [-0.3, -0.25) is 14.9 Å². The van der Waals surface area contributed by atoms with E-state index in [1.807, 2.05) is 6.07 Å². The molecule has 1 fully saturated rings. The van der Waals surface area contributed by atoms with Gasteiger partial charge >= 0.3 is 0 Å². The van der Waals surface area contributed by atoms with Crippen LogP contribution in [0.1, 0.15) is 30.4 Å². The van der Waals surface area contributed by atoms with E-state index in [4.69, 9.17) is 0 Å². The average Bonchev–Trinajstić information content (AvgIpc) is 2.97. The third-order valence-corrected chi connectivity index (χ3v) is 4.03. The summed E-state index contributed by atoms with van der Waals surface area (Å²) >= 11 is 0. The number of hydrogen-bond donors (Lipinski definition) is 2. The van der Waals surface area contributed by atoms with Gasteiger partial charge in [-0.15, -0.1) is 12.4 Å². The number of nitrogens with one attached hydrogen (secondary N) is 2. The number of benzene rings is 1. The second kappa shape index (κ2) is 8.70. The predicted octanol–water partition coefficient (Wildman–Crippen LogP) is 2.33. The van der Waals surface area contributed by atoms with Crippen LogP contribution < -0.4 is 10.6 Å². The fourth-order valence-electron chi connectivity index (χ4n) is 2.64. The SMILES string of the molecule is Cc1c(CNC(=O)CCC2CCNC2)cccc1[N+](=O)[O-].Cl. The Hall–Kier alpha value is -1.66. The Bertz CT molecular complexity index is 531. The largest absolute Gasteiger partial charge is 0.352 e. The molecule has 1 atom stereocenters. The van der Waals surface area contributed by atoms with Crippen molar-refractivity contribution in [2.45, 2.75) is 32.7 Å². The van der Waals surface area contributed by atoms with E-state index in [1.54, 1.807) is 13.0 Å². The molecule has 22 heavy (non-hydrogen) atoms. The van der Waals surface area contributed by atoms with E-state index in [9.17, 15) is 14.9 Å². The van der Waals surface area contributed by atoms with Crippen molar-refractivity contribution in [3.63, 3.8) is 0 Å². The van der Waals surface area contributed by atoms with Crippen LogP contribution in [0.15, 0.2) is 18.2 Å². The minimum absolute atomic E-state index is 0. The molecule has 1 aromatic rings. The lowest BCUT2D eigenvalue weighted by Gasteiger charge is -2.10. The molecule has 0 radical (unpaired) electrons. The topological polar surface area (TPSA) is 84.3 Å². The second-order valence-corrected chi connectivity index (χ2v) is 5.49. The van der Waals surface area contributed by atoms with Gasteiger partial charge in [-0.2, -0.15) is 0 Å². The molecule has 0 bridgehead atoms. The number of amides is 1. The zero-order valence-corrected chi connectivity index (χ0v) is 13.4. The van der Waals surface area contributed by atoms with Crippen molar-refractivity contribution >= 4 is 24.0 Å². The van der Waals surface area contributed by atoms with Crippen molar-refractivity contribution in [3.05, 3.63) is 39.4 Å². The Balaban J connectivity index is 0.00000242. The molecule has 1 aliphatic rings. The summed E-state index contributed by atoms with van der Waals surface area (Å²) in [6, 6.07) is 4.94. The Morgan fingerprint density at radius 3 is 2.91 bits per heavy atom. The van der Waals surface area contributed by atoms with Crippen molar-refractivity contribution in [1.82, 2.24) is 10.6 Å². The molecular formula is C15H22ClN3O3. The van der Waals surface area contributed by atoms with Crippen LogP contribution in [-0.2, 0) is 11.3 Å². The lowest BCUT2D eigenvalue weighted by Crippen LogP contribution is -2.24. The fourth-order valence-corrected chi connectivity index (χ4v) is 2.64. The molecule has 1 aromatic carbocycles. The smallest absolute Gasteiger partial charge is 0.272 e. The summed E-state index contributed by atoms with van der Waals surface area (Å²) in [5.41, 5.74) is 1.50. The van der Waals surface area contributed by atoms with Crippen molar-refractivity contribution in [2.75, 3.05) is 13.1 Å². The van der Waals surface area contributed by atoms with Gasteiger partial charge in [0.25, 0.3) is 5.69 Å². The molecule has 0 aliphatic carbocycles. The van der Waals surface area contributed by atoms with Gasteiger partial charge in [-0.25, -0.2) is 0 Å². The number of hydrogen-bond acceptors (Lipinski definition) is 4. The number of rotatable bonds is 6. The van der Waals surface area contributed by atoms with Crippen LogP contribution in [0.2, 0.25) is 0 Å². The van der Waals surface area contributed by atoms with Crippen LogP contribution in [0, 0.1) is 23.0 Å². The Morgan fingerprint density at radius 2 is 2.27 bits per heavy atom. The molecule has 1 heterocycles. The van der Waals surface area contributed by atoms with Crippen molar-refractivity contribution < 1.29 is 9.72 Å². The van der Waals surface area contributed by atoms with Gasteiger partial charge in [-0.05, 0) is 44.3 Å². The highest BCUT2D eigenvalue weighted by molar-refractivity contribution is 5.85. The highest BCUT2D eigenvalue weighted by Gasteiger charge is 2.16. The minimum atomic E-state index is -0.395. The maximum atomic E-state index is 11.8. The second-order valence-electron chi connectivity index (χ2n) is 5.49. The van der Waals surface area contributed by atoms with Crippen LogP contribution >= 0.6 is 12.4 Å². The number of carbonyl (C=O) groups is 1. The van der Waals surface area contributed by atoms with Gasteiger partial charge in [0.2, 0.25) is 5.91 Å². The standard InChI is InChI=1S/C15H21N3O3.ClH/c1-11-13(3-2-4-14(11)18(20)21)10-17-15(19)6-5-12-7-8-16-9-12;/h2-4,12,16H,5-10H2,1H3,(H,17,19);1H. The monoisotopic (exact) mass is 327 g/mol. The zero-order valence-electron chi connectivity index (χ0n) is 12.6. The van der Waals surface area contributed by atoms with Gasteiger partial charge in [0.05, 0.1) is 4.92 Å². The summed E-state index contributed by atoms with van der Waals surface area (Å²) in [5, 5.41) is 17.0. The molecule has 0 spiro atoms. The summed E-state index contributed by atoms with van der Waals surface area (Å²) in [7, 11) is 0. The first-order chi connectivity index (χ1) is 10.1. The lowest BCUT2D eigenvalue weighted by molar-refractivity contribution is -0.385. The molecule has 1 unspecified atom stereocenters. The molecular weight excluding hydrogens is 306 g/mol. The van der Waals surface area contributed by atoms with E-state index in [-0.39, 0.29) is 24.0 Å². The maximum Gasteiger partial charge on any atom is 0.272 e. The van der Waals surface area contributed by atoms with Crippen LogP contribution in [0.5, 0.6) is 0 Å². The van der Waals surface area contributed by atoms with E-state index < -0.39 is 4.92 Å². The summed E-state index contributed by atoms with van der Waals surface area (Å²) in [6.07, 6.45) is 2.55. The van der Waals surface area contributed by atoms with Gasteiger partial charge in [0.15, 0.2) is 0 Å². The van der Waals surface area contributed by atoms with Gasteiger partial charge < -0.3 is 10.6 Å². The van der Waals surface area contributed by atoms with Crippen LogP contribution in [-0.4, -0.2) is 23.9 Å². The maximum absolute atomic E-state index is 11.8. The predicted molar refractivity (Wildman–Crippen MR) is 87.1 cm³/mol. The van der Waals surface area contributed by atoms with Crippen molar-refractivity contribution in [1.29, 1.82) is 0 Å². The molecule has 1 amide bonds. The number of halogens is 1. The van der Waals surface area contributed by atoms with Gasteiger partial charge in [0.1, 0.15) is 0 Å². The number of nitrogens with zero attached hydrogens (tertiary/aromatic N) is 1. The molecule has 7 heteroatoms. The third-order valence-electron chi connectivity index (χ3n) is 4.03. The van der Waals surface area contributed by atoms with Gasteiger partial charge in [0, 0.05) is 24.6 Å². The molecule has 122 valence electrons. The number of nitro benzene ring substituents is 1. The summed E-state index contributed by atoms with van der Waals surface area (Å²) in [5.74, 6) is 0.600. The first-order valence-electron chi connectivity index (χ1n) is 7.28. The molecule has 6 nitrogen and oxygen atoms in total. The molecule has 2 rings (SSSR count). The lowest BCUT2D eigenvalue weighted by atomic mass is 10.0. The highest BCUT2D eigenvalue weighted by atomic mass is 35.5. The average molecular weight is 328 g/mol. The Kier molecular flexibility index (Phi) is 7.27. The summed E-state index contributed by atoms with van der Waals surface area (Å²) in [6.45, 7) is 4.09. The van der Waals surface area contributed by atoms with Crippen LogP contribution in [0.25, 0.3) is 0 Å². The summed E-state index contributed by atoms with van der Waals surface area (Å²) < 4.78 is 0. The van der Waals surface area contributed by atoms with Crippen molar-refractivity contribution in [2.24, 2.45) is 5.92 Å². The van der Waals surface area contributed by atoms with Crippen molar-refractivity contribution in [3.8, 4) is 0 Å². The van der Waals surface area contributed by atoms with Crippen LogP contribution in [0.4, 0.5) is 5.69 Å². The van der Waals surface area contributed by atoms with E-state index in [2.05, 4.69) is 10.6 Å².